The van der Waals surface area contributed by atoms with Gasteiger partial charge in [-0.1, -0.05) is 78.9 Å². The molecule has 0 aliphatic heterocycles. The van der Waals surface area contributed by atoms with Crippen LogP contribution in [0.25, 0.3) is 11.1 Å². The first-order chi connectivity index (χ1) is 20.3. The second-order valence-electron chi connectivity index (χ2n) is 9.94. The summed E-state index contributed by atoms with van der Waals surface area (Å²) in [6.45, 7) is 1.93. The number of anilines is 1. The zero-order valence-corrected chi connectivity index (χ0v) is 24.3. The van der Waals surface area contributed by atoms with E-state index >= 15 is 0 Å². The Morgan fingerprint density at radius 2 is 1.50 bits per heavy atom. The topological polar surface area (TPSA) is 114 Å². The van der Waals surface area contributed by atoms with Crippen molar-refractivity contribution in [2.75, 3.05) is 11.9 Å². The van der Waals surface area contributed by atoms with Crippen LogP contribution >= 0.6 is 15.9 Å². The third-order valence-corrected chi connectivity index (χ3v) is 7.88. The Morgan fingerprint density at radius 3 is 2.14 bits per heavy atom. The Hall–Kier alpha value is -4.47. The highest BCUT2D eigenvalue weighted by Crippen LogP contribution is 2.44. The third-order valence-electron chi connectivity index (χ3n) is 7.19. The van der Waals surface area contributed by atoms with Crippen LogP contribution in [0, 0.1) is 0 Å². The molecule has 4 aromatic rings. The number of carbonyl (C=O) groups is 3. The molecule has 0 saturated heterocycles. The number of ether oxygens (including phenoxy) is 2. The van der Waals surface area contributed by atoms with Crippen molar-refractivity contribution in [2.24, 2.45) is 0 Å². The Labute approximate surface area is 251 Å². The lowest BCUT2D eigenvalue weighted by Crippen LogP contribution is -2.48. The third kappa shape index (κ3) is 6.53. The number of benzene rings is 4. The summed E-state index contributed by atoms with van der Waals surface area (Å²) in [5.41, 5.74) is 5.80. The average Bonchev–Trinajstić information content (AvgIpc) is 3.32. The number of aliphatic carboxylic acids is 1. The molecule has 0 radical (unpaired) electrons. The Bertz CT molecular complexity index is 1560. The van der Waals surface area contributed by atoms with E-state index in [2.05, 4.69) is 38.7 Å². The molecule has 9 heteroatoms. The van der Waals surface area contributed by atoms with E-state index in [1.54, 1.807) is 13.0 Å². The molecule has 214 valence electrons. The number of carboxylic acids is 1. The Balaban J connectivity index is 1.22. The number of amides is 2. The zero-order chi connectivity index (χ0) is 29.6. The molecule has 3 N–H and O–H groups in total. The second kappa shape index (κ2) is 13.0. The van der Waals surface area contributed by atoms with Gasteiger partial charge in [0.25, 0.3) is 5.91 Å². The Kier molecular flexibility index (Phi) is 9.00. The molecule has 0 heterocycles. The van der Waals surface area contributed by atoms with E-state index < -0.39 is 30.1 Å². The van der Waals surface area contributed by atoms with Gasteiger partial charge in [-0.3, -0.25) is 10.1 Å². The maximum Gasteiger partial charge on any atom is 0.411 e. The molecule has 1 aliphatic carbocycles. The van der Waals surface area contributed by atoms with Crippen LogP contribution in [-0.2, 0) is 20.9 Å². The van der Waals surface area contributed by atoms with E-state index in [-0.39, 0.29) is 24.7 Å². The van der Waals surface area contributed by atoms with Gasteiger partial charge in [0.1, 0.15) is 6.61 Å². The number of rotatable bonds is 10. The monoisotopic (exact) mass is 628 g/mol. The molecule has 8 nitrogen and oxygen atoms in total. The second-order valence-corrected chi connectivity index (χ2v) is 10.8. The zero-order valence-electron chi connectivity index (χ0n) is 22.8. The lowest BCUT2D eigenvalue weighted by molar-refractivity contribution is -0.143. The number of carboxylic acid groups (broad SMARTS) is 1. The molecule has 2 unspecified atom stereocenters. The summed E-state index contributed by atoms with van der Waals surface area (Å²) in [5.74, 6) is -1.94. The van der Waals surface area contributed by atoms with Gasteiger partial charge < -0.3 is 19.9 Å². The van der Waals surface area contributed by atoms with Crippen LogP contribution in [-0.4, -0.2) is 41.8 Å². The first-order valence-electron chi connectivity index (χ1n) is 13.4. The van der Waals surface area contributed by atoms with E-state index in [0.29, 0.717) is 10.2 Å². The molecular formula is C33H29BrN2O6. The van der Waals surface area contributed by atoms with Crippen LogP contribution < -0.4 is 10.6 Å². The largest absolute Gasteiger partial charge is 0.480 e. The van der Waals surface area contributed by atoms with E-state index in [9.17, 15) is 19.5 Å². The van der Waals surface area contributed by atoms with E-state index in [1.807, 2.05) is 66.7 Å². The standard InChI is InChI=1S/C33H29BrN2O6/c1-20(41-18-21-9-3-2-4-10-21)30(32(38)39)36-31(37)22-15-16-28(34)29(17-22)35-33(40)42-19-27-25-13-7-5-11-23(25)24-12-6-8-14-26(24)27/h2-17,20,27,30H,18-19H2,1H3,(H,35,40)(H,36,37)(H,38,39). The van der Waals surface area contributed by atoms with Crippen LogP contribution in [0.2, 0.25) is 0 Å². The molecule has 0 saturated carbocycles. The highest BCUT2D eigenvalue weighted by atomic mass is 79.9. The fraction of sp³-hybridized carbons (Fsp3) is 0.182. The van der Waals surface area contributed by atoms with Crippen molar-refractivity contribution in [2.45, 2.75) is 31.6 Å². The lowest BCUT2D eigenvalue weighted by Gasteiger charge is -2.22. The van der Waals surface area contributed by atoms with Crippen LogP contribution in [0.1, 0.15) is 39.9 Å². The predicted molar refractivity (Wildman–Crippen MR) is 162 cm³/mol. The van der Waals surface area contributed by atoms with Gasteiger partial charge in [-0.25, -0.2) is 9.59 Å². The van der Waals surface area contributed by atoms with Crippen LogP contribution in [0.3, 0.4) is 0 Å². The summed E-state index contributed by atoms with van der Waals surface area (Å²) in [4.78, 5) is 37.8. The molecular weight excluding hydrogens is 600 g/mol. The van der Waals surface area contributed by atoms with Gasteiger partial charge in [-0.05, 0) is 68.9 Å². The molecule has 0 fully saturated rings. The van der Waals surface area contributed by atoms with Crippen molar-refractivity contribution in [3.8, 4) is 11.1 Å². The van der Waals surface area contributed by atoms with Crippen molar-refractivity contribution in [1.29, 1.82) is 0 Å². The van der Waals surface area contributed by atoms with Gasteiger partial charge in [0, 0.05) is 16.0 Å². The molecule has 1 aliphatic rings. The smallest absolute Gasteiger partial charge is 0.411 e. The predicted octanol–water partition coefficient (Wildman–Crippen LogP) is 6.60. The highest BCUT2D eigenvalue weighted by molar-refractivity contribution is 9.10. The summed E-state index contributed by atoms with van der Waals surface area (Å²) in [7, 11) is 0. The van der Waals surface area contributed by atoms with E-state index in [1.165, 1.54) is 12.1 Å². The molecule has 4 aromatic carbocycles. The van der Waals surface area contributed by atoms with Crippen LogP contribution in [0.4, 0.5) is 10.5 Å². The fourth-order valence-corrected chi connectivity index (χ4v) is 5.36. The highest BCUT2D eigenvalue weighted by Gasteiger charge is 2.30. The molecule has 0 spiro atoms. The summed E-state index contributed by atoms with van der Waals surface area (Å²) in [6, 6.07) is 28.7. The number of carbonyl (C=O) groups excluding carboxylic acids is 2. The number of fused-ring (bicyclic) bond motifs is 3. The number of nitrogens with one attached hydrogen (secondary N) is 2. The average molecular weight is 630 g/mol. The first-order valence-corrected chi connectivity index (χ1v) is 14.2. The molecule has 2 amide bonds. The maximum absolute atomic E-state index is 13.0. The van der Waals surface area contributed by atoms with E-state index in [0.717, 1.165) is 27.8 Å². The maximum atomic E-state index is 13.0. The minimum Gasteiger partial charge on any atom is -0.480 e. The van der Waals surface area contributed by atoms with E-state index in [4.69, 9.17) is 9.47 Å². The summed E-state index contributed by atoms with van der Waals surface area (Å²) in [6.07, 6.45) is -1.48. The number of hydrogen-bond acceptors (Lipinski definition) is 5. The van der Waals surface area contributed by atoms with Gasteiger partial charge in [-0.15, -0.1) is 0 Å². The van der Waals surface area contributed by atoms with Gasteiger partial charge in [0.2, 0.25) is 0 Å². The van der Waals surface area contributed by atoms with Crippen LogP contribution in [0.15, 0.2) is 102 Å². The minimum atomic E-state index is -1.29. The summed E-state index contributed by atoms with van der Waals surface area (Å²) >= 11 is 3.39. The quantitative estimate of drug-likeness (QED) is 0.182. The van der Waals surface area contributed by atoms with Crippen molar-refractivity contribution < 1.29 is 29.0 Å². The molecule has 42 heavy (non-hydrogen) atoms. The minimum absolute atomic E-state index is 0.0947. The number of halogens is 1. The van der Waals surface area contributed by atoms with Gasteiger partial charge in [0.15, 0.2) is 6.04 Å². The summed E-state index contributed by atoms with van der Waals surface area (Å²) < 4.78 is 11.9. The SMILES string of the molecule is CC(OCc1ccccc1)C(NC(=O)c1ccc(Br)c(NC(=O)OCC2c3ccccc3-c3ccccc32)c1)C(=O)O. The van der Waals surface area contributed by atoms with Gasteiger partial charge in [-0.2, -0.15) is 0 Å². The Morgan fingerprint density at radius 1 is 0.881 bits per heavy atom. The fourth-order valence-electron chi connectivity index (χ4n) is 5.01. The summed E-state index contributed by atoms with van der Waals surface area (Å²) in [5, 5.41) is 15.0. The molecule has 0 bridgehead atoms. The molecule has 5 rings (SSSR count). The normalized spacial score (nSPS) is 13.4. The van der Waals surface area contributed by atoms with Crippen molar-refractivity contribution in [3.63, 3.8) is 0 Å². The number of hydrogen-bond donors (Lipinski definition) is 3. The van der Waals surface area contributed by atoms with Crippen LogP contribution in [0.5, 0.6) is 0 Å². The molecule has 0 aromatic heterocycles. The first kappa shape index (κ1) is 29.0. The molecule has 2 atom stereocenters. The lowest BCUT2D eigenvalue weighted by atomic mass is 9.98. The van der Waals surface area contributed by atoms with Gasteiger partial charge in [0.05, 0.1) is 18.4 Å². The van der Waals surface area contributed by atoms with Crippen molar-refractivity contribution >= 4 is 39.6 Å². The van der Waals surface area contributed by atoms with Crippen molar-refractivity contribution in [1.82, 2.24) is 5.32 Å². The van der Waals surface area contributed by atoms with Gasteiger partial charge >= 0.3 is 12.1 Å². The van der Waals surface area contributed by atoms with Crippen molar-refractivity contribution in [3.05, 3.63) is 124 Å².